The van der Waals surface area contributed by atoms with Gasteiger partial charge in [-0.15, -0.1) is 0 Å². The van der Waals surface area contributed by atoms with Crippen LogP contribution in [-0.2, 0) is 11.2 Å². The SMILES string of the molecule is CCc1ccccc1OCCN1CC[C@H](O)[C@@H](C(=O)O)C1. The Bertz CT molecular complexity index is 477. The second kappa shape index (κ2) is 7.43. The maximum absolute atomic E-state index is 11.1. The first-order chi connectivity index (χ1) is 10.1. The van der Waals surface area contributed by atoms with Crippen LogP contribution < -0.4 is 4.74 Å². The molecule has 21 heavy (non-hydrogen) atoms. The molecule has 0 saturated carbocycles. The number of piperidine rings is 1. The van der Waals surface area contributed by atoms with Crippen LogP contribution >= 0.6 is 0 Å². The average molecular weight is 293 g/mol. The fourth-order valence-electron chi connectivity index (χ4n) is 2.67. The van der Waals surface area contributed by atoms with E-state index in [2.05, 4.69) is 6.92 Å². The lowest BCUT2D eigenvalue weighted by Crippen LogP contribution is -2.47. The Morgan fingerprint density at radius 2 is 2.19 bits per heavy atom. The molecule has 5 nitrogen and oxygen atoms in total. The maximum Gasteiger partial charge on any atom is 0.310 e. The summed E-state index contributed by atoms with van der Waals surface area (Å²) in [7, 11) is 0. The number of aliphatic carboxylic acids is 1. The van der Waals surface area contributed by atoms with Crippen molar-refractivity contribution in [3.05, 3.63) is 29.8 Å². The molecule has 0 spiro atoms. The molecule has 0 radical (unpaired) electrons. The van der Waals surface area contributed by atoms with E-state index in [0.717, 1.165) is 12.2 Å². The van der Waals surface area contributed by atoms with Crippen LogP contribution in [0.2, 0.25) is 0 Å². The summed E-state index contributed by atoms with van der Waals surface area (Å²) in [6, 6.07) is 7.95. The first-order valence-electron chi connectivity index (χ1n) is 7.45. The van der Waals surface area contributed by atoms with E-state index in [1.54, 1.807) is 0 Å². The van der Waals surface area contributed by atoms with Crippen LogP contribution in [0.5, 0.6) is 5.75 Å². The topological polar surface area (TPSA) is 70.0 Å². The molecule has 5 heteroatoms. The van der Waals surface area contributed by atoms with Gasteiger partial charge in [0.15, 0.2) is 0 Å². The average Bonchev–Trinajstić information content (AvgIpc) is 2.49. The number of aliphatic hydroxyl groups is 1. The van der Waals surface area contributed by atoms with E-state index in [4.69, 9.17) is 9.84 Å². The quantitative estimate of drug-likeness (QED) is 0.829. The fraction of sp³-hybridized carbons (Fsp3) is 0.562. The van der Waals surface area contributed by atoms with E-state index < -0.39 is 18.0 Å². The molecular weight excluding hydrogens is 270 g/mol. The smallest absolute Gasteiger partial charge is 0.310 e. The minimum atomic E-state index is -0.926. The molecule has 1 heterocycles. The summed E-state index contributed by atoms with van der Waals surface area (Å²) in [6.07, 6.45) is 0.691. The van der Waals surface area contributed by atoms with Crippen molar-refractivity contribution in [3.63, 3.8) is 0 Å². The summed E-state index contributed by atoms with van der Waals surface area (Å²) in [4.78, 5) is 13.1. The van der Waals surface area contributed by atoms with Crippen molar-refractivity contribution in [2.45, 2.75) is 25.9 Å². The van der Waals surface area contributed by atoms with E-state index >= 15 is 0 Å². The van der Waals surface area contributed by atoms with Gasteiger partial charge in [0.1, 0.15) is 12.4 Å². The monoisotopic (exact) mass is 293 g/mol. The Morgan fingerprint density at radius 3 is 2.90 bits per heavy atom. The van der Waals surface area contributed by atoms with Gasteiger partial charge < -0.3 is 14.9 Å². The lowest BCUT2D eigenvalue weighted by Gasteiger charge is -2.33. The summed E-state index contributed by atoms with van der Waals surface area (Å²) in [6.45, 7) is 4.39. The van der Waals surface area contributed by atoms with Crippen LogP contribution in [0.1, 0.15) is 18.9 Å². The molecule has 0 unspecified atom stereocenters. The predicted octanol–water partition coefficient (Wildman–Crippen LogP) is 1.40. The van der Waals surface area contributed by atoms with Crippen molar-refractivity contribution in [3.8, 4) is 5.75 Å². The van der Waals surface area contributed by atoms with E-state index in [0.29, 0.717) is 32.7 Å². The molecule has 1 aromatic rings. The second-order valence-corrected chi connectivity index (χ2v) is 5.41. The Hall–Kier alpha value is -1.59. The van der Waals surface area contributed by atoms with Gasteiger partial charge in [0.2, 0.25) is 0 Å². The van der Waals surface area contributed by atoms with Gasteiger partial charge in [0.25, 0.3) is 0 Å². The summed E-state index contributed by atoms with van der Waals surface area (Å²) in [5.74, 6) is -0.724. The van der Waals surface area contributed by atoms with Gasteiger partial charge >= 0.3 is 5.97 Å². The van der Waals surface area contributed by atoms with E-state index in [9.17, 15) is 9.90 Å². The number of aryl methyl sites for hydroxylation is 1. The molecule has 0 aliphatic carbocycles. The molecule has 0 bridgehead atoms. The molecule has 1 aliphatic rings. The second-order valence-electron chi connectivity index (χ2n) is 5.41. The van der Waals surface area contributed by atoms with Gasteiger partial charge in [0.05, 0.1) is 12.0 Å². The van der Waals surface area contributed by atoms with Gasteiger partial charge in [-0.1, -0.05) is 25.1 Å². The summed E-state index contributed by atoms with van der Waals surface area (Å²) in [5.41, 5.74) is 1.18. The third-order valence-corrected chi connectivity index (χ3v) is 4.00. The zero-order valence-electron chi connectivity index (χ0n) is 12.4. The third kappa shape index (κ3) is 4.19. The Balaban J connectivity index is 1.82. The highest BCUT2D eigenvalue weighted by molar-refractivity contribution is 5.71. The molecule has 0 amide bonds. The van der Waals surface area contributed by atoms with Crippen molar-refractivity contribution < 1.29 is 19.7 Å². The number of likely N-dealkylation sites (tertiary alicyclic amines) is 1. The number of ether oxygens (including phenoxy) is 1. The van der Waals surface area contributed by atoms with Crippen LogP contribution in [0, 0.1) is 5.92 Å². The number of rotatable bonds is 6. The van der Waals surface area contributed by atoms with E-state index in [1.807, 2.05) is 29.2 Å². The van der Waals surface area contributed by atoms with Gasteiger partial charge in [0, 0.05) is 19.6 Å². The maximum atomic E-state index is 11.1. The molecule has 2 rings (SSSR count). The Morgan fingerprint density at radius 1 is 1.43 bits per heavy atom. The summed E-state index contributed by atoms with van der Waals surface area (Å²) in [5, 5.41) is 18.8. The zero-order chi connectivity index (χ0) is 15.2. The lowest BCUT2D eigenvalue weighted by molar-refractivity contribution is -0.148. The molecule has 1 aliphatic heterocycles. The molecule has 1 aromatic carbocycles. The van der Waals surface area contributed by atoms with Gasteiger partial charge in [-0.2, -0.15) is 0 Å². The zero-order valence-corrected chi connectivity index (χ0v) is 12.4. The van der Waals surface area contributed by atoms with Crippen LogP contribution in [0.3, 0.4) is 0 Å². The minimum absolute atomic E-state index is 0.384. The van der Waals surface area contributed by atoms with Crippen LogP contribution in [0.15, 0.2) is 24.3 Å². The van der Waals surface area contributed by atoms with Crippen molar-refractivity contribution in [1.82, 2.24) is 4.90 Å². The third-order valence-electron chi connectivity index (χ3n) is 4.00. The fourth-order valence-corrected chi connectivity index (χ4v) is 2.67. The van der Waals surface area contributed by atoms with E-state index in [-0.39, 0.29) is 0 Å². The molecule has 116 valence electrons. The number of carboxylic acid groups (broad SMARTS) is 1. The largest absolute Gasteiger partial charge is 0.492 e. The first-order valence-corrected chi connectivity index (χ1v) is 7.45. The highest BCUT2D eigenvalue weighted by Gasteiger charge is 2.32. The Kier molecular flexibility index (Phi) is 5.59. The van der Waals surface area contributed by atoms with Crippen molar-refractivity contribution in [2.24, 2.45) is 5.92 Å². The number of benzene rings is 1. The number of aliphatic hydroxyl groups excluding tert-OH is 1. The number of hydrogen-bond acceptors (Lipinski definition) is 4. The van der Waals surface area contributed by atoms with Gasteiger partial charge in [-0.05, 0) is 24.5 Å². The van der Waals surface area contributed by atoms with Crippen molar-refractivity contribution in [1.29, 1.82) is 0 Å². The van der Waals surface area contributed by atoms with Gasteiger partial charge in [-0.3, -0.25) is 9.69 Å². The number of carbonyl (C=O) groups is 1. The highest BCUT2D eigenvalue weighted by Crippen LogP contribution is 2.19. The number of carboxylic acids is 1. The molecule has 1 saturated heterocycles. The van der Waals surface area contributed by atoms with E-state index in [1.165, 1.54) is 5.56 Å². The predicted molar refractivity (Wildman–Crippen MR) is 79.5 cm³/mol. The van der Waals surface area contributed by atoms with Crippen LogP contribution in [0.25, 0.3) is 0 Å². The van der Waals surface area contributed by atoms with Crippen LogP contribution in [0.4, 0.5) is 0 Å². The van der Waals surface area contributed by atoms with Crippen molar-refractivity contribution >= 4 is 5.97 Å². The van der Waals surface area contributed by atoms with Crippen molar-refractivity contribution in [2.75, 3.05) is 26.2 Å². The number of para-hydroxylation sites is 1. The first kappa shape index (κ1) is 15.8. The molecule has 1 fully saturated rings. The molecule has 0 aromatic heterocycles. The lowest BCUT2D eigenvalue weighted by atomic mass is 9.95. The molecular formula is C16H23NO4. The normalized spacial score (nSPS) is 23.0. The Labute approximate surface area is 125 Å². The van der Waals surface area contributed by atoms with Gasteiger partial charge in [-0.25, -0.2) is 0 Å². The molecule has 2 atom stereocenters. The summed E-state index contributed by atoms with van der Waals surface area (Å²) >= 11 is 0. The molecule has 2 N–H and O–H groups in total. The number of hydrogen-bond donors (Lipinski definition) is 2. The minimum Gasteiger partial charge on any atom is -0.492 e. The summed E-state index contributed by atoms with van der Waals surface area (Å²) < 4.78 is 5.80. The standard InChI is InChI=1S/C16H23NO4/c1-2-12-5-3-4-6-15(12)21-10-9-17-8-7-14(18)13(11-17)16(19)20/h3-6,13-14,18H,2,7-11H2,1H3,(H,19,20)/t13-,14-/m0/s1. The number of nitrogens with zero attached hydrogens (tertiary/aromatic N) is 1. The highest BCUT2D eigenvalue weighted by atomic mass is 16.5. The van der Waals surface area contributed by atoms with Crippen LogP contribution in [-0.4, -0.2) is 53.4 Å².